The molecule has 0 spiro atoms. The first-order valence-electron chi connectivity index (χ1n) is 18.2. The number of hydrogen-bond acceptors (Lipinski definition) is 10. The molecule has 2 aliphatic rings. The largest absolute Gasteiger partial charge is 0.501 e. The maximum absolute atomic E-state index is 6.22. The quantitative estimate of drug-likeness (QED) is 0.0402. The van der Waals surface area contributed by atoms with Gasteiger partial charge in [-0.15, -0.1) is 0 Å². The predicted octanol–water partition coefficient (Wildman–Crippen LogP) is 7.19. The SMILES string of the molecule is CCCCO[Si](CCCOCC1CO1)(OCCCC)OCCCC.CCCO[Si](CCCOCC1CO1)(OCCC)OCCC. The number of rotatable bonds is 33. The maximum atomic E-state index is 6.22. The van der Waals surface area contributed by atoms with Crippen LogP contribution in [0.5, 0.6) is 0 Å². The summed E-state index contributed by atoms with van der Waals surface area (Å²) in [5.74, 6) is 0. The monoisotopic (exact) mass is 682 g/mol. The molecule has 10 nitrogen and oxygen atoms in total. The van der Waals surface area contributed by atoms with E-state index in [4.69, 9.17) is 45.5 Å². The molecule has 2 heterocycles. The fraction of sp³-hybridized carbons (Fsp3) is 1.00. The Balaban J connectivity index is 0.000000454. The third-order valence-corrected chi connectivity index (χ3v) is 12.8. The minimum absolute atomic E-state index is 0.328. The maximum Gasteiger partial charge on any atom is 0.501 e. The van der Waals surface area contributed by atoms with Crippen molar-refractivity contribution in [1.29, 1.82) is 0 Å². The molecule has 2 aliphatic heterocycles. The van der Waals surface area contributed by atoms with Crippen LogP contribution in [0, 0.1) is 0 Å². The van der Waals surface area contributed by atoms with Gasteiger partial charge in [0, 0.05) is 64.9 Å². The molecular weight excluding hydrogens is 613 g/mol. The summed E-state index contributed by atoms with van der Waals surface area (Å²) in [4.78, 5) is 0. The van der Waals surface area contributed by atoms with Crippen molar-refractivity contribution >= 4 is 17.6 Å². The molecular formula is C33H70O10Si2. The normalized spacial score (nSPS) is 17.7. The molecule has 270 valence electrons. The minimum Gasteiger partial charge on any atom is -0.379 e. The van der Waals surface area contributed by atoms with Gasteiger partial charge in [0.05, 0.1) is 26.4 Å². The Labute approximate surface area is 278 Å². The van der Waals surface area contributed by atoms with Gasteiger partial charge in [-0.05, 0) is 51.4 Å². The van der Waals surface area contributed by atoms with E-state index < -0.39 is 17.6 Å². The third kappa shape index (κ3) is 23.9. The smallest absolute Gasteiger partial charge is 0.379 e. The molecule has 0 saturated carbocycles. The lowest BCUT2D eigenvalue weighted by atomic mass is 10.4. The summed E-state index contributed by atoms with van der Waals surface area (Å²) in [5.41, 5.74) is 0. The molecule has 2 fully saturated rings. The van der Waals surface area contributed by atoms with E-state index in [9.17, 15) is 0 Å². The van der Waals surface area contributed by atoms with E-state index in [1.54, 1.807) is 0 Å². The molecule has 0 bridgehead atoms. The van der Waals surface area contributed by atoms with Gasteiger partial charge in [-0.1, -0.05) is 60.8 Å². The molecule has 2 saturated heterocycles. The minimum atomic E-state index is -2.58. The van der Waals surface area contributed by atoms with Crippen LogP contribution in [0.4, 0.5) is 0 Å². The zero-order valence-electron chi connectivity index (χ0n) is 29.9. The van der Waals surface area contributed by atoms with Crippen LogP contribution in [-0.4, -0.2) is 109 Å². The lowest BCUT2D eigenvalue weighted by Gasteiger charge is -2.30. The van der Waals surface area contributed by atoms with Gasteiger partial charge >= 0.3 is 17.6 Å². The highest BCUT2D eigenvalue weighted by atomic mass is 28.4. The lowest BCUT2D eigenvalue weighted by molar-refractivity contribution is 0.0514. The average Bonchev–Trinajstić information content (AvgIpc) is 3.99. The fourth-order valence-electron chi connectivity index (χ4n) is 4.11. The lowest BCUT2D eigenvalue weighted by Crippen LogP contribution is -2.46. The number of unbranched alkanes of at least 4 members (excludes halogenated alkanes) is 3. The van der Waals surface area contributed by atoms with Crippen molar-refractivity contribution in [2.24, 2.45) is 0 Å². The number of epoxide rings is 2. The Morgan fingerprint density at radius 2 is 0.733 bits per heavy atom. The van der Waals surface area contributed by atoms with Gasteiger partial charge in [0.25, 0.3) is 0 Å². The van der Waals surface area contributed by atoms with Crippen LogP contribution in [0.3, 0.4) is 0 Å². The molecule has 2 unspecified atom stereocenters. The summed E-state index contributed by atoms with van der Waals surface area (Å²) in [5, 5.41) is 0. The van der Waals surface area contributed by atoms with Gasteiger partial charge in [-0.2, -0.15) is 0 Å². The summed E-state index contributed by atoms with van der Waals surface area (Å²) < 4.78 is 58.3. The highest BCUT2D eigenvalue weighted by molar-refractivity contribution is 6.61. The summed E-state index contributed by atoms with van der Waals surface area (Å²) >= 11 is 0. The molecule has 12 heteroatoms. The highest BCUT2D eigenvalue weighted by Crippen LogP contribution is 2.22. The number of ether oxygens (including phenoxy) is 4. The van der Waals surface area contributed by atoms with Crippen molar-refractivity contribution in [2.45, 2.75) is 136 Å². The fourth-order valence-corrected chi connectivity index (χ4v) is 9.54. The first-order chi connectivity index (χ1) is 22.0. The van der Waals surface area contributed by atoms with E-state index in [1.807, 2.05) is 0 Å². The molecule has 2 rings (SSSR count). The third-order valence-electron chi connectivity index (χ3n) is 6.99. The van der Waals surface area contributed by atoms with Crippen LogP contribution < -0.4 is 0 Å². The Kier molecular flexibility index (Phi) is 27.7. The van der Waals surface area contributed by atoms with Crippen molar-refractivity contribution in [1.82, 2.24) is 0 Å². The van der Waals surface area contributed by atoms with Gasteiger partial charge in [0.1, 0.15) is 12.2 Å². The van der Waals surface area contributed by atoms with Crippen molar-refractivity contribution < 1.29 is 45.5 Å². The standard InChI is InChI=1S/C18H38O5Si.C15H32O5Si/c1-4-7-12-21-24(22-13-8-5-2,23-14-9-6-3)15-10-11-19-16-18-17-20-18;1-4-8-18-21(19-9-5-2,20-10-6-3)12-7-11-16-13-15-14-17-15/h18H,4-17H2,1-3H3;15H,4-14H2,1-3H3. The zero-order valence-corrected chi connectivity index (χ0v) is 31.9. The van der Waals surface area contributed by atoms with E-state index in [0.29, 0.717) is 45.2 Å². The molecule has 0 aromatic heterocycles. The van der Waals surface area contributed by atoms with E-state index >= 15 is 0 Å². The van der Waals surface area contributed by atoms with Crippen LogP contribution >= 0.6 is 0 Å². The van der Waals surface area contributed by atoms with Crippen LogP contribution in [0.1, 0.15) is 112 Å². The molecule has 0 aliphatic carbocycles. The second-order valence-electron chi connectivity index (χ2n) is 11.8. The molecule has 45 heavy (non-hydrogen) atoms. The Hall–Kier alpha value is 0.0338. The summed E-state index contributed by atoms with van der Waals surface area (Å²) in [6, 6.07) is 1.67. The molecule has 0 aromatic rings. The van der Waals surface area contributed by atoms with E-state index in [0.717, 1.165) is 129 Å². The number of hydrogen-bond donors (Lipinski definition) is 0. The summed E-state index contributed by atoms with van der Waals surface area (Å²) in [6.07, 6.45) is 12.0. The van der Waals surface area contributed by atoms with Gasteiger partial charge < -0.3 is 45.5 Å². The first-order valence-corrected chi connectivity index (χ1v) is 22.1. The van der Waals surface area contributed by atoms with Gasteiger partial charge in [-0.25, -0.2) is 0 Å². The second kappa shape index (κ2) is 29.0. The molecule has 0 N–H and O–H groups in total. The zero-order chi connectivity index (χ0) is 32.9. The first kappa shape index (κ1) is 43.1. The highest BCUT2D eigenvalue weighted by Gasteiger charge is 2.41. The van der Waals surface area contributed by atoms with Crippen molar-refractivity contribution in [2.75, 3.05) is 79.3 Å². The van der Waals surface area contributed by atoms with E-state index in [2.05, 4.69) is 41.5 Å². The van der Waals surface area contributed by atoms with Gasteiger partial charge in [0.15, 0.2) is 0 Å². The second-order valence-corrected chi connectivity index (χ2v) is 17.2. The Morgan fingerprint density at radius 1 is 0.422 bits per heavy atom. The Morgan fingerprint density at radius 3 is 1.00 bits per heavy atom. The molecule has 0 radical (unpaired) electrons. The van der Waals surface area contributed by atoms with Gasteiger partial charge in [0.2, 0.25) is 0 Å². The average molecular weight is 683 g/mol. The predicted molar refractivity (Wildman–Crippen MR) is 183 cm³/mol. The van der Waals surface area contributed by atoms with Crippen molar-refractivity contribution in [3.05, 3.63) is 0 Å². The van der Waals surface area contributed by atoms with Gasteiger partial charge in [-0.3, -0.25) is 0 Å². The molecule has 0 aromatic carbocycles. The summed E-state index contributed by atoms with van der Waals surface area (Å²) in [6.45, 7) is 21.7. The van der Waals surface area contributed by atoms with Crippen molar-refractivity contribution in [3.8, 4) is 0 Å². The molecule has 2 atom stereocenters. The van der Waals surface area contributed by atoms with Crippen molar-refractivity contribution in [3.63, 3.8) is 0 Å². The van der Waals surface area contributed by atoms with E-state index in [-0.39, 0.29) is 0 Å². The van der Waals surface area contributed by atoms with Crippen LogP contribution in [0.25, 0.3) is 0 Å². The topological polar surface area (TPSA) is 98.9 Å². The van der Waals surface area contributed by atoms with E-state index in [1.165, 1.54) is 0 Å². The van der Waals surface area contributed by atoms with Crippen LogP contribution in [0.15, 0.2) is 0 Å². The molecule has 0 amide bonds. The summed E-state index contributed by atoms with van der Waals surface area (Å²) in [7, 11) is -5.11. The van der Waals surface area contributed by atoms with Crippen LogP contribution in [0.2, 0.25) is 12.1 Å². The Bertz CT molecular complexity index is 592. The van der Waals surface area contributed by atoms with Crippen LogP contribution in [-0.2, 0) is 45.5 Å².